The number of ether oxygens (including phenoxy) is 1. The molecule has 0 aliphatic carbocycles. The van der Waals surface area contributed by atoms with Crippen molar-refractivity contribution in [3.05, 3.63) is 40.4 Å². The number of aryl methyl sites for hydroxylation is 1. The number of urea groups is 1. The molecule has 24 heavy (non-hydrogen) atoms. The van der Waals surface area contributed by atoms with E-state index >= 15 is 0 Å². The zero-order valence-corrected chi connectivity index (χ0v) is 14.3. The van der Waals surface area contributed by atoms with Gasteiger partial charge in [-0.3, -0.25) is 5.32 Å². The molecule has 0 saturated heterocycles. The van der Waals surface area contributed by atoms with Crippen LogP contribution in [0.1, 0.15) is 16.1 Å². The van der Waals surface area contributed by atoms with Crippen molar-refractivity contribution < 1.29 is 14.3 Å². The summed E-state index contributed by atoms with van der Waals surface area (Å²) in [6.45, 7) is 3.05. The topological polar surface area (TPSA) is 83.6 Å². The number of benzene rings is 1. The summed E-state index contributed by atoms with van der Waals surface area (Å²) in [6, 6.07) is 7.55. The van der Waals surface area contributed by atoms with Crippen molar-refractivity contribution in [1.82, 2.24) is 9.88 Å². The Hall–Kier alpha value is -2.61. The van der Waals surface area contributed by atoms with Crippen LogP contribution in [0.2, 0.25) is 0 Å². The van der Waals surface area contributed by atoms with Gasteiger partial charge in [0.15, 0.2) is 5.13 Å². The van der Waals surface area contributed by atoms with Crippen LogP contribution in [0.25, 0.3) is 0 Å². The number of aromatic nitrogens is 1. The molecule has 3 amide bonds. The summed E-state index contributed by atoms with van der Waals surface area (Å²) in [5, 5.41) is 5.97. The highest BCUT2D eigenvalue weighted by Crippen LogP contribution is 2.28. The summed E-state index contributed by atoms with van der Waals surface area (Å²) in [6.07, 6.45) is 0.116. The highest BCUT2D eigenvalue weighted by Gasteiger charge is 2.24. The summed E-state index contributed by atoms with van der Waals surface area (Å²) in [7, 11) is 1.31. The van der Waals surface area contributed by atoms with Gasteiger partial charge in [-0.2, -0.15) is 0 Å². The Labute approximate surface area is 143 Å². The Bertz CT molecular complexity index is 774. The third-order valence-corrected chi connectivity index (χ3v) is 4.68. The van der Waals surface area contributed by atoms with Crippen LogP contribution in [-0.2, 0) is 17.7 Å². The van der Waals surface area contributed by atoms with Gasteiger partial charge < -0.3 is 15.0 Å². The van der Waals surface area contributed by atoms with E-state index in [-0.39, 0.29) is 6.03 Å². The number of fused-ring (bicyclic) bond motifs is 1. The number of rotatable bonds is 2. The standard InChI is InChI=1S/C16H18N4O3S/c1-10-4-3-5-11(8-10)17-15(21)20-7-6-12-13(9-20)24-14(18-12)19-16(22)23-2/h3-5,8H,6-7,9H2,1-2H3,(H,17,21)(H,18,19,22). The number of carbonyl (C=O) groups is 2. The van der Waals surface area contributed by atoms with Gasteiger partial charge in [0, 0.05) is 23.5 Å². The van der Waals surface area contributed by atoms with Crippen LogP contribution < -0.4 is 10.6 Å². The molecule has 0 unspecified atom stereocenters. The van der Waals surface area contributed by atoms with Crippen molar-refractivity contribution in [3.8, 4) is 0 Å². The largest absolute Gasteiger partial charge is 0.453 e. The molecule has 0 radical (unpaired) electrons. The molecule has 0 fully saturated rings. The van der Waals surface area contributed by atoms with Gasteiger partial charge >= 0.3 is 12.1 Å². The van der Waals surface area contributed by atoms with Crippen LogP contribution in [0, 0.1) is 6.92 Å². The Balaban J connectivity index is 1.66. The predicted octanol–water partition coefficient (Wildman–Crippen LogP) is 3.22. The Morgan fingerprint density at radius 1 is 1.33 bits per heavy atom. The smallest absolute Gasteiger partial charge is 0.413 e. The molecule has 7 nitrogen and oxygen atoms in total. The fourth-order valence-electron chi connectivity index (χ4n) is 2.49. The van der Waals surface area contributed by atoms with Gasteiger partial charge in [-0.15, -0.1) is 0 Å². The molecule has 1 aliphatic heterocycles. The van der Waals surface area contributed by atoms with Crippen molar-refractivity contribution >= 4 is 34.3 Å². The molecule has 1 aromatic carbocycles. The quantitative estimate of drug-likeness (QED) is 0.874. The number of hydrogen-bond acceptors (Lipinski definition) is 5. The van der Waals surface area contributed by atoms with E-state index in [0.29, 0.717) is 24.6 Å². The second-order valence-corrected chi connectivity index (χ2v) is 6.56. The number of nitrogens with zero attached hydrogens (tertiary/aromatic N) is 2. The highest BCUT2D eigenvalue weighted by molar-refractivity contribution is 7.15. The van der Waals surface area contributed by atoms with E-state index in [1.807, 2.05) is 31.2 Å². The number of anilines is 2. The maximum absolute atomic E-state index is 12.4. The molecular weight excluding hydrogens is 328 g/mol. The number of carbonyl (C=O) groups excluding carboxylic acids is 2. The lowest BCUT2D eigenvalue weighted by molar-refractivity contribution is 0.187. The summed E-state index contributed by atoms with van der Waals surface area (Å²) in [5.74, 6) is 0. The third kappa shape index (κ3) is 3.65. The second-order valence-electron chi connectivity index (χ2n) is 5.48. The predicted molar refractivity (Wildman–Crippen MR) is 92.5 cm³/mol. The Morgan fingerprint density at radius 3 is 2.92 bits per heavy atom. The third-order valence-electron chi connectivity index (χ3n) is 3.68. The molecule has 0 spiro atoms. The van der Waals surface area contributed by atoms with Gasteiger partial charge in [-0.1, -0.05) is 23.5 Å². The van der Waals surface area contributed by atoms with Crippen LogP contribution >= 0.6 is 11.3 Å². The van der Waals surface area contributed by atoms with E-state index in [1.54, 1.807) is 4.90 Å². The second kappa shape index (κ2) is 6.88. The van der Waals surface area contributed by atoms with Gasteiger partial charge in [0.2, 0.25) is 0 Å². The Morgan fingerprint density at radius 2 is 2.17 bits per heavy atom. The minimum atomic E-state index is -0.546. The first kappa shape index (κ1) is 16.3. The van der Waals surface area contributed by atoms with Crippen molar-refractivity contribution in [2.75, 3.05) is 24.3 Å². The molecule has 0 atom stereocenters. The zero-order chi connectivity index (χ0) is 17.1. The molecule has 2 heterocycles. The van der Waals surface area contributed by atoms with Gasteiger partial charge in [0.1, 0.15) is 0 Å². The van der Waals surface area contributed by atoms with Crippen LogP contribution in [0.5, 0.6) is 0 Å². The maximum atomic E-state index is 12.4. The van der Waals surface area contributed by atoms with Crippen LogP contribution in [-0.4, -0.2) is 35.7 Å². The lowest BCUT2D eigenvalue weighted by Gasteiger charge is -2.26. The average Bonchev–Trinajstić information content (AvgIpc) is 2.95. The molecular formula is C16H18N4O3S. The van der Waals surface area contributed by atoms with Gasteiger partial charge in [-0.25, -0.2) is 14.6 Å². The van der Waals surface area contributed by atoms with Crippen LogP contribution in [0.15, 0.2) is 24.3 Å². The average molecular weight is 346 g/mol. The van der Waals surface area contributed by atoms with Crippen molar-refractivity contribution in [3.63, 3.8) is 0 Å². The lowest BCUT2D eigenvalue weighted by atomic mass is 10.2. The van der Waals surface area contributed by atoms with E-state index in [2.05, 4.69) is 20.4 Å². The van der Waals surface area contributed by atoms with Crippen molar-refractivity contribution in [2.45, 2.75) is 19.9 Å². The summed E-state index contributed by atoms with van der Waals surface area (Å²) in [4.78, 5) is 30.8. The molecule has 8 heteroatoms. The molecule has 1 aliphatic rings. The molecule has 3 rings (SSSR count). The Kier molecular flexibility index (Phi) is 4.66. The molecule has 1 aromatic heterocycles. The number of thiazole rings is 1. The van der Waals surface area contributed by atoms with Gasteiger partial charge in [-0.05, 0) is 24.6 Å². The van der Waals surface area contributed by atoms with Gasteiger partial charge in [0.05, 0.1) is 19.3 Å². The number of methoxy groups -OCH3 is 1. The molecule has 2 aromatic rings. The fraction of sp³-hybridized carbons (Fsp3) is 0.312. The lowest BCUT2D eigenvalue weighted by Crippen LogP contribution is -2.38. The first-order chi connectivity index (χ1) is 11.5. The SMILES string of the molecule is COC(=O)Nc1nc2c(s1)CN(C(=O)Nc1cccc(C)c1)CC2. The highest BCUT2D eigenvalue weighted by atomic mass is 32.1. The normalized spacial score (nSPS) is 13.2. The van der Waals surface area contributed by atoms with Crippen molar-refractivity contribution in [2.24, 2.45) is 0 Å². The molecule has 2 N–H and O–H groups in total. The van der Waals surface area contributed by atoms with Gasteiger partial charge in [0.25, 0.3) is 0 Å². The van der Waals surface area contributed by atoms with E-state index in [9.17, 15) is 9.59 Å². The molecule has 0 saturated carbocycles. The fourth-order valence-corrected chi connectivity index (χ4v) is 3.50. The molecule has 126 valence electrons. The monoisotopic (exact) mass is 346 g/mol. The van der Waals surface area contributed by atoms with Crippen molar-refractivity contribution in [1.29, 1.82) is 0 Å². The van der Waals surface area contributed by atoms with E-state index < -0.39 is 6.09 Å². The molecule has 0 bridgehead atoms. The van der Waals surface area contributed by atoms with E-state index in [1.165, 1.54) is 18.4 Å². The number of amides is 3. The first-order valence-electron chi connectivity index (χ1n) is 7.51. The first-order valence-corrected chi connectivity index (χ1v) is 8.33. The van der Waals surface area contributed by atoms with E-state index in [0.717, 1.165) is 21.8 Å². The summed E-state index contributed by atoms with van der Waals surface area (Å²) >= 11 is 1.36. The van der Waals surface area contributed by atoms with Crippen LogP contribution in [0.3, 0.4) is 0 Å². The number of nitrogens with one attached hydrogen (secondary N) is 2. The zero-order valence-electron chi connectivity index (χ0n) is 13.5. The minimum Gasteiger partial charge on any atom is -0.453 e. The van der Waals surface area contributed by atoms with E-state index in [4.69, 9.17) is 0 Å². The summed E-state index contributed by atoms with van der Waals surface area (Å²) < 4.78 is 4.56. The minimum absolute atomic E-state index is 0.137. The summed E-state index contributed by atoms with van der Waals surface area (Å²) in [5.41, 5.74) is 2.80. The number of hydrogen-bond donors (Lipinski definition) is 2. The van der Waals surface area contributed by atoms with Crippen LogP contribution in [0.4, 0.5) is 20.4 Å². The maximum Gasteiger partial charge on any atom is 0.413 e.